The van der Waals surface area contributed by atoms with Crippen LogP contribution in [-0.2, 0) is 7.05 Å². The van der Waals surface area contributed by atoms with E-state index in [1.165, 1.54) is 12.1 Å². The molecule has 7 rings (SSSR count). The monoisotopic (exact) mass is 662 g/mol. The summed E-state index contributed by atoms with van der Waals surface area (Å²) in [6.45, 7) is 4.28. The maximum atomic E-state index is 11.6. The van der Waals surface area contributed by atoms with Crippen LogP contribution in [0.4, 0.5) is 17.1 Å². The molecule has 0 saturated carbocycles. The molecule has 10 heteroatoms. The lowest BCUT2D eigenvalue weighted by atomic mass is 10.2. The minimum absolute atomic E-state index is 0.00246. The van der Waals surface area contributed by atoms with Gasteiger partial charge >= 0.3 is 0 Å². The molecule has 0 amide bonds. The van der Waals surface area contributed by atoms with E-state index in [1.54, 1.807) is 6.07 Å². The Labute approximate surface area is 263 Å². The van der Waals surface area contributed by atoms with Crippen LogP contribution in [0.25, 0.3) is 16.6 Å². The molecule has 0 N–H and O–H groups in total. The second-order valence-corrected chi connectivity index (χ2v) is 14.2. The van der Waals surface area contributed by atoms with Gasteiger partial charge in [-0.25, -0.2) is 9.52 Å². The van der Waals surface area contributed by atoms with E-state index in [9.17, 15) is 10.1 Å². The van der Waals surface area contributed by atoms with Gasteiger partial charge in [0.05, 0.1) is 27.9 Å². The summed E-state index contributed by atoms with van der Waals surface area (Å²) in [7, 11) is -0.943. The van der Waals surface area contributed by atoms with E-state index in [0.717, 1.165) is 50.0 Å². The molecule has 218 valence electrons. The van der Waals surface area contributed by atoms with Gasteiger partial charge in [-0.3, -0.25) is 10.1 Å². The number of hydrazone groups is 1. The van der Waals surface area contributed by atoms with Crippen molar-refractivity contribution in [1.82, 2.24) is 9.13 Å². The molecule has 1 aliphatic rings. The summed E-state index contributed by atoms with van der Waals surface area (Å²) in [5.41, 5.74) is 7.83. The predicted molar refractivity (Wildman–Crippen MR) is 184 cm³/mol. The molecule has 0 fully saturated rings. The first kappa shape index (κ1) is 28.1. The number of benzene rings is 4. The lowest BCUT2D eigenvalue weighted by Gasteiger charge is -2.38. The van der Waals surface area contributed by atoms with Crippen LogP contribution in [-0.4, -0.2) is 20.3 Å². The Hall–Kier alpha value is -4.72. The third kappa shape index (κ3) is 4.26. The van der Waals surface area contributed by atoms with Crippen LogP contribution in [0.1, 0.15) is 17.0 Å². The molecular formula is C34H28BrN6O2P. The summed E-state index contributed by atoms with van der Waals surface area (Å²) < 4.78 is 12.8. The van der Waals surface area contributed by atoms with Crippen molar-refractivity contribution in [2.24, 2.45) is 16.9 Å². The third-order valence-electron chi connectivity index (χ3n) is 8.18. The molecule has 6 aromatic rings. The van der Waals surface area contributed by atoms with Crippen molar-refractivity contribution in [1.29, 1.82) is 0 Å². The summed E-state index contributed by atoms with van der Waals surface area (Å²) in [5.74, 6) is 0. The fourth-order valence-electron chi connectivity index (χ4n) is 6.21. The van der Waals surface area contributed by atoms with E-state index in [2.05, 4.69) is 93.2 Å². The van der Waals surface area contributed by atoms with E-state index in [-0.39, 0.29) is 5.69 Å². The Bertz CT molecular complexity index is 2170. The minimum Gasteiger partial charge on any atom is -0.341 e. The first-order chi connectivity index (χ1) is 21.3. The average molecular weight is 664 g/mol. The molecule has 1 aliphatic heterocycles. The third-order valence-corrected chi connectivity index (χ3v) is 12.5. The Kier molecular flexibility index (Phi) is 6.87. The fourth-order valence-corrected chi connectivity index (χ4v) is 10.8. The highest BCUT2D eigenvalue weighted by Crippen LogP contribution is 2.60. The molecular weight excluding hydrogens is 635 g/mol. The van der Waals surface area contributed by atoms with Crippen LogP contribution in [0.5, 0.6) is 0 Å². The minimum atomic E-state index is -3.02. The molecule has 3 heterocycles. The molecule has 0 radical (unpaired) electrons. The molecule has 2 aromatic heterocycles. The lowest BCUT2D eigenvalue weighted by Crippen LogP contribution is -2.37. The number of halogens is 1. The quantitative estimate of drug-likeness (QED) is 0.105. The molecule has 4 aromatic carbocycles. The Morgan fingerprint density at radius 2 is 1.50 bits per heavy atom. The van der Waals surface area contributed by atoms with Crippen LogP contribution in [0.15, 0.2) is 124 Å². The molecule has 0 saturated heterocycles. The number of nitro groups is 1. The zero-order valence-corrected chi connectivity index (χ0v) is 26.8. The molecule has 44 heavy (non-hydrogen) atoms. The fraction of sp³-hybridized carbons (Fsp3) is 0.0882. The Balaban J connectivity index is 1.68. The number of anilines is 1. The average Bonchev–Trinajstić information content (AvgIpc) is 3.52. The van der Waals surface area contributed by atoms with Crippen LogP contribution < -0.4 is 15.5 Å². The Morgan fingerprint density at radius 3 is 2.16 bits per heavy atom. The van der Waals surface area contributed by atoms with Crippen LogP contribution in [0, 0.1) is 24.0 Å². The number of para-hydroxylation sites is 3. The van der Waals surface area contributed by atoms with E-state index in [0.29, 0.717) is 10.2 Å². The number of hydrogen-bond acceptors (Lipinski definition) is 4. The van der Waals surface area contributed by atoms with E-state index in [4.69, 9.17) is 9.85 Å². The summed E-state index contributed by atoms with van der Waals surface area (Å²) in [6.07, 6.45) is 1.95. The summed E-state index contributed by atoms with van der Waals surface area (Å²) in [6, 6.07) is 35.7. The van der Waals surface area contributed by atoms with Gasteiger partial charge in [0.2, 0.25) is 0 Å². The second-order valence-electron chi connectivity index (χ2n) is 10.7. The van der Waals surface area contributed by atoms with Gasteiger partial charge in [0.1, 0.15) is 0 Å². The number of fused-ring (bicyclic) bond motifs is 2. The van der Waals surface area contributed by atoms with Gasteiger partial charge in [0.25, 0.3) is 5.69 Å². The van der Waals surface area contributed by atoms with Crippen LogP contribution >= 0.6 is 23.1 Å². The highest BCUT2D eigenvalue weighted by Gasteiger charge is 2.43. The van der Waals surface area contributed by atoms with Gasteiger partial charge in [-0.05, 0) is 72.2 Å². The van der Waals surface area contributed by atoms with Gasteiger partial charge in [-0.15, -0.1) is 0 Å². The molecule has 0 aliphatic carbocycles. The van der Waals surface area contributed by atoms with Crippen molar-refractivity contribution < 1.29 is 4.92 Å². The smallest absolute Gasteiger partial charge is 0.270 e. The molecule has 0 spiro atoms. The van der Waals surface area contributed by atoms with Crippen molar-refractivity contribution in [3.8, 4) is 5.69 Å². The van der Waals surface area contributed by atoms with Crippen molar-refractivity contribution in [2.75, 3.05) is 4.78 Å². The largest absolute Gasteiger partial charge is 0.341 e. The highest BCUT2D eigenvalue weighted by molar-refractivity contribution is 9.10. The number of aromatic nitrogens is 2. The zero-order chi connectivity index (χ0) is 30.6. The first-order valence-electron chi connectivity index (χ1n) is 14.1. The van der Waals surface area contributed by atoms with Crippen molar-refractivity contribution in [3.63, 3.8) is 0 Å². The van der Waals surface area contributed by atoms with Crippen LogP contribution in [0.2, 0.25) is 0 Å². The molecule has 0 bridgehead atoms. The summed E-state index contributed by atoms with van der Waals surface area (Å²) in [4.78, 5) is 11.2. The number of hydrogen-bond donors (Lipinski definition) is 0. The zero-order valence-electron chi connectivity index (χ0n) is 24.3. The topological polar surface area (TPSA) is 81.0 Å². The molecule has 1 atom stereocenters. The number of non-ortho nitro benzene ring substituents is 1. The van der Waals surface area contributed by atoms with Gasteiger partial charge < -0.3 is 9.13 Å². The molecule has 0 unspecified atom stereocenters. The summed E-state index contributed by atoms with van der Waals surface area (Å²) >= 11 is 3.63. The maximum absolute atomic E-state index is 11.6. The maximum Gasteiger partial charge on any atom is 0.270 e. The standard InChI is InChI=1S/C34H28BrN6O2P/c1-23-29-22-36-40(27-15-8-5-9-16-27)44(33-20-25-12-10-11-17-32(25)38(33)3,37-31-19-18-28(41(42)43)21-30(31)35)34(29)24(2)39(23)26-13-6-4-7-14-26/h4-22H,1-3H3/t44-/m0/s1. The SMILES string of the molecule is Cc1c2c(c(C)n1-c1ccccc1)[P@](=Nc1ccc([N+](=O)[O-])cc1Br)(c1cc3ccccc3n1C)N(c1ccccc1)N=C2. The van der Waals surface area contributed by atoms with E-state index < -0.39 is 12.1 Å². The van der Waals surface area contributed by atoms with E-state index in [1.807, 2.05) is 54.7 Å². The summed E-state index contributed by atoms with van der Waals surface area (Å²) in [5, 5.41) is 19.0. The first-order valence-corrected chi connectivity index (χ1v) is 16.6. The predicted octanol–water partition coefficient (Wildman–Crippen LogP) is 8.51. The number of nitro benzene ring substituents is 1. The van der Waals surface area contributed by atoms with Gasteiger partial charge in [0, 0.05) is 62.5 Å². The normalized spacial score (nSPS) is 15.9. The number of aryl methyl sites for hydroxylation is 1. The highest BCUT2D eigenvalue weighted by atomic mass is 79.9. The lowest BCUT2D eigenvalue weighted by molar-refractivity contribution is -0.384. The van der Waals surface area contributed by atoms with E-state index >= 15 is 0 Å². The van der Waals surface area contributed by atoms with Gasteiger partial charge in [0.15, 0.2) is 7.21 Å². The second kappa shape index (κ2) is 10.8. The van der Waals surface area contributed by atoms with Crippen molar-refractivity contribution in [3.05, 3.63) is 141 Å². The number of rotatable bonds is 5. The molecule has 8 nitrogen and oxygen atoms in total. The Morgan fingerprint density at radius 1 is 0.841 bits per heavy atom. The van der Waals surface area contributed by atoms with Crippen molar-refractivity contribution in [2.45, 2.75) is 13.8 Å². The number of nitrogens with zero attached hydrogens (tertiary/aromatic N) is 6. The van der Waals surface area contributed by atoms with Crippen molar-refractivity contribution >= 4 is 68.1 Å². The van der Waals surface area contributed by atoms with Gasteiger partial charge in [-0.1, -0.05) is 54.6 Å². The van der Waals surface area contributed by atoms with Crippen LogP contribution in [0.3, 0.4) is 0 Å². The van der Waals surface area contributed by atoms with Gasteiger partial charge in [-0.2, -0.15) is 5.10 Å².